The Kier molecular flexibility index (Phi) is 8.12. The maximum absolute atomic E-state index is 13.6. The number of nitrogens with zero attached hydrogens (tertiary/aromatic N) is 2. The average molecular weight is 636 g/mol. The fourth-order valence-electron chi connectivity index (χ4n) is 4.09. The third-order valence-electron chi connectivity index (χ3n) is 6.03. The molecule has 1 heterocycles. The van der Waals surface area contributed by atoms with Crippen molar-refractivity contribution in [3.05, 3.63) is 101 Å². The first kappa shape index (κ1) is 31.6. The van der Waals surface area contributed by atoms with Crippen molar-refractivity contribution in [3.8, 4) is 11.3 Å². The van der Waals surface area contributed by atoms with Crippen LogP contribution in [0.5, 0.6) is 0 Å². The van der Waals surface area contributed by atoms with E-state index in [2.05, 4.69) is 5.10 Å². The van der Waals surface area contributed by atoms with E-state index in [1.54, 1.807) is 6.07 Å². The lowest BCUT2D eigenvalue weighted by Crippen LogP contribution is -2.16. The van der Waals surface area contributed by atoms with E-state index in [9.17, 15) is 52.7 Å². The molecule has 0 unspecified atom stereocenters. The van der Waals surface area contributed by atoms with Gasteiger partial charge in [0.15, 0.2) is 5.03 Å². The summed E-state index contributed by atoms with van der Waals surface area (Å²) in [6.07, 6.45) is -15.4. The minimum atomic E-state index is -5.26. The predicted octanol–water partition coefficient (Wildman–Crippen LogP) is 7.33. The van der Waals surface area contributed by atoms with Crippen molar-refractivity contribution < 1.29 is 57.5 Å². The molecule has 4 aromatic rings. The molecule has 4 rings (SSSR count). The van der Waals surface area contributed by atoms with E-state index in [1.807, 2.05) is 0 Å². The van der Waals surface area contributed by atoms with Crippen LogP contribution in [0.25, 0.3) is 11.3 Å². The quantitative estimate of drug-likeness (QED) is 0.164. The summed E-state index contributed by atoms with van der Waals surface area (Å²) in [5, 5.41) is 3.39. The SMILES string of the molecule is Cn1nc(-c2ccccc2)c(COC(=O)c2cc(C(F)(F)F)cc(C(F)(F)F)c2)c1S(=O)(=O)c1cccc(C(F)(F)F)c1. The monoisotopic (exact) mass is 636 g/mol. The Balaban J connectivity index is 1.82. The number of hydrogen-bond donors (Lipinski definition) is 0. The van der Waals surface area contributed by atoms with Gasteiger partial charge >= 0.3 is 24.5 Å². The largest absolute Gasteiger partial charge is 0.457 e. The molecule has 0 fully saturated rings. The van der Waals surface area contributed by atoms with Crippen LogP contribution in [0.15, 0.2) is 82.7 Å². The number of rotatable bonds is 6. The lowest BCUT2D eigenvalue weighted by molar-refractivity contribution is -0.143. The van der Waals surface area contributed by atoms with Crippen LogP contribution in [-0.4, -0.2) is 24.2 Å². The highest BCUT2D eigenvalue weighted by Crippen LogP contribution is 2.38. The first-order valence-corrected chi connectivity index (χ1v) is 13.3. The topological polar surface area (TPSA) is 78.3 Å². The van der Waals surface area contributed by atoms with Gasteiger partial charge in [0.1, 0.15) is 12.3 Å². The first-order valence-electron chi connectivity index (χ1n) is 11.8. The molecule has 0 aliphatic carbocycles. The third-order valence-corrected chi connectivity index (χ3v) is 7.93. The zero-order valence-electron chi connectivity index (χ0n) is 21.5. The van der Waals surface area contributed by atoms with Crippen molar-refractivity contribution in [2.45, 2.75) is 35.1 Å². The zero-order valence-corrected chi connectivity index (χ0v) is 22.3. The van der Waals surface area contributed by atoms with Crippen molar-refractivity contribution >= 4 is 15.8 Å². The standard InChI is InChI=1S/C27H17F9N2O4S/c1-38-23(43(40,41)20-9-5-8-17(13-20)25(28,29)30)21(22(37-38)15-6-3-2-4-7-15)14-42-24(39)16-10-18(26(31,32)33)12-19(11-16)27(34,35)36/h2-13H,14H2,1H3. The number of benzene rings is 3. The summed E-state index contributed by atoms with van der Waals surface area (Å²) in [5.41, 5.74) is -6.23. The minimum Gasteiger partial charge on any atom is -0.457 e. The molecule has 0 spiro atoms. The second kappa shape index (κ2) is 11.1. The van der Waals surface area contributed by atoms with E-state index in [1.165, 1.54) is 24.3 Å². The van der Waals surface area contributed by atoms with E-state index in [0.717, 1.165) is 23.9 Å². The number of carbonyl (C=O) groups excluding carboxylic acids is 1. The van der Waals surface area contributed by atoms with Crippen LogP contribution in [-0.2, 0) is 46.8 Å². The van der Waals surface area contributed by atoms with E-state index >= 15 is 0 Å². The van der Waals surface area contributed by atoms with E-state index in [0.29, 0.717) is 12.1 Å². The van der Waals surface area contributed by atoms with Crippen LogP contribution in [0.2, 0.25) is 0 Å². The molecule has 43 heavy (non-hydrogen) atoms. The van der Waals surface area contributed by atoms with Crippen molar-refractivity contribution in [2.24, 2.45) is 7.05 Å². The summed E-state index contributed by atoms with van der Waals surface area (Å²) in [6, 6.07) is 10.4. The number of esters is 1. The van der Waals surface area contributed by atoms with Gasteiger partial charge in [-0.3, -0.25) is 4.68 Å². The summed E-state index contributed by atoms with van der Waals surface area (Å²) < 4.78 is 153. The minimum absolute atomic E-state index is 0.124. The average Bonchev–Trinajstić information content (AvgIpc) is 3.27. The molecule has 16 heteroatoms. The molecule has 0 aliphatic rings. The second-order valence-electron chi connectivity index (χ2n) is 9.02. The number of sulfone groups is 1. The summed E-state index contributed by atoms with van der Waals surface area (Å²) in [5.74, 6) is -1.66. The van der Waals surface area contributed by atoms with Gasteiger partial charge in [0.2, 0.25) is 9.84 Å². The lowest BCUT2D eigenvalue weighted by Gasteiger charge is -2.14. The molecule has 6 nitrogen and oxygen atoms in total. The smallest absolute Gasteiger partial charge is 0.416 e. The molecular weight excluding hydrogens is 619 g/mol. The molecule has 0 aliphatic heterocycles. The normalized spacial score (nSPS) is 12.8. The van der Waals surface area contributed by atoms with E-state index < -0.39 is 73.1 Å². The van der Waals surface area contributed by atoms with Crippen LogP contribution in [0, 0.1) is 0 Å². The fraction of sp³-hybridized carbons (Fsp3) is 0.185. The third kappa shape index (κ3) is 6.68. The Labute approximate surface area is 237 Å². The van der Waals surface area contributed by atoms with Gasteiger partial charge in [0.25, 0.3) is 0 Å². The predicted molar refractivity (Wildman–Crippen MR) is 131 cm³/mol. The Bertz CT molecular complexity index is 1740. The number of aryl methyl sites for hydroxylation is 1. The van der Waals surface area contributed by atoms with Gasteiger partial charge in [0.05, 0.1) is 32.7 Å². The molecule has 0 saturated carbocycles. The van der Waals surface area contributed by atoms with E-state index in [-0.39, 0.29) is 35.0 Å². The summed E-state index contributed by atoms with van der Waals surface area (Å²) in [7, 11) is -3.68. The van der Waals surface area contributed by atoms with Crippen molar-refractivity contribution in [2.75, 3.05) is 0 Å². The Morgan fingerprint density at radius 1 is 0.767 bits per heavy atom. The molecule has 0 saturated heterocycles. The molecule has 0 N–H and O–H groups in total. The van der Waals surface area contributed by atoms with Gasteiger partial charge in [-0.25, -0.2) is 13.2 Å². The number of alkyl halides is 9. The second-order valence-corrected chi connectivity index (χ2v) is 10.9. The summed E-state index contributed by atoms with van der Waals surface area (Å²) in [4.78, 5) is 12.0. The highest BCUT2D eigenvalue weighted by Gasteiger charge is 2.38. The van der Waals surface area contributed by atoms with Crippen LogP contribution in [0.1, 0.15) is 32.6 Å². The van der Waals surface area contributed by atoms with Crippen molar-refractivity contribution in [1.29, 1.82) is 0 Å². The molecule has 0 radical (unpaired) electrons. The van der Waals surface area contributed by atoms with Gasteiger partial charge in [-0.15, -0.1) is 0 Å². The number of carbonyl (C=O) groups is 1. The Hall–Kier alpha value is -4.34. The van der Waals surface area contributed by atoms with Crippen molar-refractivity contribution in [3.63, 3.8) is 0 Å². The summed E-state index contributed by atoms with van der Waals surface area (Å²) in [6.45, 7) is -1.04. The molecule has 0 amide bonds. The molecule has 1 aromatic heterocycles. The number of aromatic nitrogens is 2. The lowest BCUT2D eigenvalue weighted by atomic mass is 10.0. The highest BCUT2D eigenvalue weighted by atomic mass is 32.2. The van der Waals surface area contributed by atoms with Crippen LogP contribution < -0.4 is 0 Å². The molecular formula is C27H17F9N2O4S. The van der Waals surface area contributed by atoms with Gasteiger partial charge in [-0.2, -0.15) is 44.6 Å². The maximum Gasteiger partial charge on any atom is 0.416 e. The molecule has 3 aromatic carbocycles. The van der Waals surface area contributed by atoms with Crippen LogP contribution in [0.4, 0.5) is 39.5 Å². The number of hydrogen-bond acceptors (Lipinski definition) is 5. The zero-order chi connectivity index (χ0) is 32.0. The Morgan fingerprint density at radius 3 is 1.86 bits per heavy atom. The maximum atomic E-state index is 13.6. The van der Waals surface area contributed by atoms with Crippen molar-refractivity contribution in [1.82, 2.24) is 9.78 Å². The number of ether oxygens (including phenoxy) is 1. The van der Waals surface area contributed by atoms with Gasteiger partial charge in [-0.05, 0) is 36.4 Å². The van der Waals surface area contributed by atoms with Gasteiger partial charge in [0, 0.05) is 12.6 Å². The van der Waals surface area contributed by atoms with Gasteiger partial charge in [-0.1, -0.05) is 36.4 Å². The molecule has 0 atom stereocenters. The Morgan fingerprint density at radius 2 is 1.33 bits per heavy atom. The van der Waals surface area contributed by atoms with E-state index in [4.69, 9.17) is 4.74 Å². The summed E-state index contributed by atoms with van der Waals surface area (Å²) >= 11 is 0. The number of halogens is 9. The fourth-order valence-corrected chi connectivity index (χ4v) is 5.72. The first-order chi connectivity index (χ1) is 19.8. The highest BCUT2D eigenvalue weighted by molar-refractivity contribution is 7.91. The van der Waals surface area contributed by atoms with Gasteiger partial charge < -0.3 is 4.74 Å². The molecule has 228 valence electrons. The van der Waals surface area contributed by atoms with Crippen LogP contribution in [0.3, 0.4) is 0 Å². The molecule has 0 bridgehead atoms. The van der Waals surface area contributed by atoms with Crippen LogP contribution >= 0.6 is 0 Å².